The van der Waals surface area contributed by atoms with Crippen LogP contribution in [0.25, 0.3) is 0 Å². The largest absolute Gasteiger partial charge is 0.410 e. The van der Waals surface area contributed by atoms with Gasteiger partial charge >= 0.3 is 0 Å². The van der Waals surface area contributed by atoms with Crippen LogP contribution in [0.3, 0.4) is 0 Å². The monoisotopic (exact) mass is 165 g/mol. The number of hydrogen-bond donors (Lipinski definition) is 1. The van der Waals surface area contributed by atoms with Gasteiger partial charge in [-0.25, -0.2) is 0 Å². The average Bonchev–Trinajstić information content (AvgIpc) is 1.98. The summed E-state index contributed by atoms with van der Waals surface area (Å²) in [7, 11) is 0. The minimum atomic E-state index is 0.0936. The Bertz CT molecular complexity index is 106. The van der Waals surface area contributed by atoms with Crippen molar-refractivity contribution < 1.29 is 9.94 Å². The topological polar surface area (TPSA) is 41.8 Å². The Morgan fingerprint density at radius 3 is 2.90 bits per heavy atom. The number of hydrogen-bond acceptors (Lipinski definition) is 3. The van der Waals surface area contributed by atoms with Crippen molar-refractivity contribution in [2.75, 3.05) is 13.2 Å². The van der Waals surface area contributed by atoms with Gasteiger partial charge in [-0.05, 0) is 6.42 Å². The first-order valence-electron chi connectivity index (χ1n) is 3.25. The molecular weight excluding hydrogens is 154 g/mol. The third-order valence-electron chi connectivity index (χ3n) is 0.972. The normalized spacial score (nSPS) is 12.0. The first kappa shape index (κ1) is 9.72. The number of oxime groups is 1. The van der Waals surface area contributed by atoms with E-state index in [1.165, 1.54) is 0 Å². The average molecular weight is 166 g/mol. The van der Waals surface area contributed by atoms with Crippen LogP contribution in [0, 0.1) is 0 Å². The van der Waals surface area contributed by atoms with Gasteiger partial charge in [-0.3, -0.25) is 0 Å². The van der Waals surface area contributed by atoms with Crippen molar-refractivity contribution >= 4 is 16.8 Å². The molecule has 0 heterocycles. The highest BCUT2D eigenvalue weighted by Gasteiger charge is 1.92. The molecule has 0 aromatic rings. The Hall–Kier alpha value is -0.280. The highest BCUT2D eigenvalue weighted by Crippen LogP contribution is 1.90. The maximum atomic E-state index is 8.07. The van der Waals surface area contributed by atoms with Crippen LogP contribution < -0.4 is 0 Å². The van der Waals surface area contributed by atoms with Crippen LogP contribution >= 0.6 is 11.6 Å². The van der Waals surface area contributed by atoms with Gasteiger partial charge < -0.3 is 9.94 Å². The number of nitrogens with zero attached hydrogens (tertiary/aromatic N) is 1. The summed E-state index contributed by atoms with van der Waals surface area (Å²) >= 11 is 5.32. The highest BCUT2D eigenvalue weighted by molar-refractivity contribution is 6.65. The van der Waals surface area contributed by atoms with E-state index in [2.05, 4.69) is 12.1 Å². The summed E-state index contributed by atoms with van der Waals surface area (Å²) in [6.45, 7) is 2.95. The molecule has 0 fully saturated rings. The van der Waals surface area contributed by atoms with E-state index in [0.717, 1.165) is 12.8 Å². The smallest absolute Gasteiger partial charge is 0.170 e. The molecule has 0 aliphatic heterocycles. The van der Waals surface area contributed by atoms with Crippen LogP contribution in [0.15, 0.2) is 5.16 Å². The molecule has 0 aromatic carbocycles. The van der Waals surface area contributed by atoms with E-state index in [1.54, 1.807) is 0 Å². The lowest BCUT2D eigenvalue weighted by Gasteiger charge is -1.98. The van der Waals surface area contributed by atoms with Crippen LogP contribution in [0.2, 0.25) is 0 Å². The van der Waals surface area contributed by atoms with Gasteiger partial charge in [-0.15, -0.1) is 0 Å². The summed E-state index contributed by atoms with van der Waals surface area (Å²) in [4.78, 5) is 0. The van der Waals surface area contributed by atoms with Crippen LogP contribution in [0.5, 0.6) is 0 Å². The first-order valence-corrected chi connectivity index (χ1v) is 3.63. The van der Waals surface area contributed by atoms with Crippen molar-refractivity contribution in [2.24, 2.45) is 5.16 Å². The van der Waals surface area contributed by atoms with Gasteiger partial charge in [0.1, 0.15) is 6.61 Å². The lowest BCUT2D eigenvalue weighted by atomic mass is 10.4. The summed E-state index contributed by atoms with van der Waals surface area (Å²) in [5, 5.41) is 10.9. The zero-order valence-corrected chi connectivity index (χ0v) is 6.76. The first-order chi connectivity index (χ1) is 4.81. The van der Waals surface area contributed by atoms with Crippen molar-refractivity contribution in [3.05, 3.63) is 0 Å². The standard InChI is InChI=1S/C6H12ClNO2/c1-2-3-4-10-5-6(7)8-9/h9H,2-5H2,1H3. The van der Waals surface area contributed by atoms with E-state index < -0.39 is 0 Å². The fourth-order valence-electron chi connectivity index (χ4n) is 0.432. The molecule has 0 unspecified atom stereocenters. The fourth-order valence-corrected chi connectivity index (χ4v) is 0.509. The Kier molecular flexibility index (Phi) is 6.64. The van der Waals surface area contributed by atoms with Crippen LogP contribution in [0.1, 0.15) is 19.8 Å². The predicted octanol–water partition coefficient (Wildman–Crippen LogP) is 1.83. The summed E-state index contributed by atoms with van der Waals surface area (Å²) in [5.41, 5.74) is 0. The van der Waals surface area contributed by atoms with Gasteiger partial charge in [0, 0.05) is 6.61 Å². The molecule has 1 N–H and O–H groups in total. The van der Waals surface area contributed by atoms with Gasteiger partial charge in [0.25, 0.3) is 0 Å². The van der Waals surface area contributed by atoms with E-state index in [1.807, 2.05) is 0 Å². The lowest BCUT2D eigenvalue weighted by molar-refractivity contribution is 0.166. The van der Waals surface area contributed by atoms with Gasteiger partial charge in [-0.2, -0.15) is 0 Å². The molecule has 60 valence electrons. The molecule has 0 aliphatic carbocycles. The third kappa shape index (κ3) is 5.85. The second-order valence-electron chi connectivity index (χ2n) is 1.88. The third-order valence-corrected chi connectivity index (χ3v) is 1.16. The zero-order valence-electron chi connectivity index (χ0n) is 6.01. The van der Waals surface area contributed by atoms with E-state index in [4.69, 9.17) is 21.5 Å². The van der Waals surface area contributed by atoms with Crippen molar-refractivity contribution in [3.63, 3.8) is 0 Å². The molecule has 0 spiro atoms. The Morgan fingerprint density at radius 2 is 2.40 bits per heavy atom. The molecule has 0 aliphatic rings. The van der Waals surface area contributed by atoms with Crippen molar-refractivity contribution in [2.45, 2.75) is 19.8 Å². The molecule has 0 amide bonds. The number of unbranched alkanes of at least 4 members (excludes halogenated alkanes) is 1. The molecule has 0 saturated heterocycles. The Labute approximate surface area is 65.6 Å². The maximum absolute atomic E-state index is 8.07. The quantitative estimate of drug-likeness (QED) is 0.292. The second-order valence-corrected chi connectivity index (χ2v) is 2.32. The molecule has 0 radical (unpaired) electrons. The predicted molar refractivity (Wildman–Crippen MR) is 40.8 cm³/mol. The number of rotatable bonds is 5. The van der Waals surface area contributed by atoms with E-state index in [0.29, 0.717) is 6.61 Å². The van der Waals surface area contributed by atoms with Crippen molar-refractivity contribution in [1.82, 2.24) is 0 Å². The van der Waals surface area contributed by atoms with Gasteiger partial charge in [-0.1, -0.05) is 30.1 Å². The Morgan fingerprint density at radius 1 is 1.70 bits per heavy atom. The SMILES string of the molecule is CCCCOCC(Cl)=NO. The molecule has 4 heteroatoms. The molecular formula is C6H12ClNO2. The molecule has 0 bridgehead atoms. The van der Waals surface area contributed by atoms with Gasteiger partial charge in [0.05, 0.1) is 0 Å². The second kappa shape index (κ2) is 6.83. The minimum absolute atomic E-state index is 0.0936. The van der Waals surface area contributed by atoms with E-state index in [-0.39, 0.29) is 11.8 Å². The fraction of sp³-hybridized carbons (Fsp3) is 0.833. The molecule has 3 nitrogen and oxygen atoms in total. The molecule has 0 saturated carbocycles. The summed E-state index contributed by atoms with van der Waals surface area (Å²) in [6, 6.07) is 0. The zero-order chi connectivity index (χ0) is 7.82. The summed E-state index contributed by atoms with van der Waals surface area (Å²) < 4.78 is 5.00. The molecule has 0 rings (SSSR count). The highest BCUT2D eigenvalue weighted by atomic mass is 35.5. The maximum Gasteiger partial charge on any atom is 0.170 e. The van der Waals surface area contributed by atoms with Crippen molar-refractivity contribution in [3.8, 4) is 0 Å². The van der Waals surface area contributed by atoms with Crippen LogP contribution in [-0.4, -0.2) is 23.6 Å². The summed E-state index contributed by atoms with van der Waals surface area (Å²) in [6.07, 6.45) is 2.10. The van der Waals surface area contributed by atoms with Gasteiger partial charge in [0.15, 0.2) is 5.17 Å². The van der Waals surface area contributed by atoms with Gasteiger partial charge in [0.2, 0.25) is 0 Å². The van der Waals surface area contributed by atoms with E-state index >= 15 is 0 Å². The van der Waals surface area contributed by atoms with E-state index in [9.17, 15) is 0 Å². The molecule has 0 atom stereocenters. The van der Waals surface area contributed by atoms with Crippen LogP contribution in [-0.2, 0) is 4.74 Å². The summed E-state index contributed by atoms with van der Waals surface area (Å²) in [5.74, 6) is 0. The number of halogens is 1. The molecule has 0 aromatic heterocycles. The Balaban J connectivity index is 3.04. The number of ether oxygens (including phenoxy) is 1. The van der Waals surface area contributed by atoms with Crippen LogP contribution in [0.4, 0.5) is 0 Å². The lowest BCUT2D eigenvalue weighted by Crippen LogP contribution is -2.03. The minimum Gasteiger partial charge on any atom is -0.410 e. The van der Waals surface area contributed by atoms with Crippen molar-refractivity contribution in [1.29, 1.82) is 0 Å². The molecule has 10 heavy (non-hydrogen) atoms.